The molecule has 0 spiro atoms. The van der Waals surface area contributed by atoms with E-state index in [-0.39, 0.29) is 11.7 Å². The van der Waals surface area contributed by atoms with Gasteiger partial charge in [-0.05, 0) is 60.8 Å². The van der Waals surface area contributed by atoms with E-state index >= 15 is 0 Å². The lowest BCUT2D eigenvalue weighted by Gasteiger charge is -2.33. The highest BCUT2D eigenvalue weighted by molar-refractivity contribution is 5.65. The Morgan fingerprint density at radius 1 is 1.15 bits per heavy atom. The fourth-order valence-corrected chi connectivity index (χ4v) is 6.62. The van der Waals surface area contributed by atoms with Gasteiger partial charge < -0.3 is 0 Å². The van der Waals surface area contributed by atoms with Crippen molar-refractivity contribution in [3.63, 3.8) is 0 Å². The molecule has 208 valence electrons. The molecule has 3 atom stereocenters. The van der Waals surface area contributed by atoms with Gasteiger partial charge in [0.05, 0.1) is 0 Å². The molecule has 8 nitrogen and oxygen atoms in total. The second-order valence-electron chi connectivity index (χ2n) is 11.8. The van der Waals surface area contributed by atoms with Crippen LogP contribution in [0.3, 0.4) is 0 Å². The summed E-state index contributed by atoms with van der Waals surface area (Å²) in [5.41, 5.74) is 2.93. The third-order valence-electron chi connectivity index (χ3n) is 8.89. The lowest BCUT2D eigenvalue weighted by atomic mass is 9.76. The topological polar surface area (TPSA) is 93.8 Å². The number of aryl methyl sites for hydroxylation is 1. The van der Waals surface area contributed by atoms with Gasteiger partial charge in [0.15, 0.2) is 0 Å². The molecule has 0 saturated heterocycles. The zero-order valence-electron chi connectivity index (χ0n) is 23.7. The molecule has 3 unspecified atom stereocenters. The first-order valence-electron chi connectivity index (χ1n) is 14.9. The molecule has 1 aromatic carbocycles. The Balaban J connectivity index is 1.57. The molecule has 3 aromatic rings. The predicted molar refractivity (Wildman–Crippen MR) is 156 cm³/mol. The van der Waals surface area contributed by atoms with Crippen LogP contribution in [0.4, 0.5) is 0 Å². The molecule has 5 rings (SSSR count). The SMILES string of the molecule is CCCCc1cn(C2CCCCCCC2C(C)C)c(=O)n1CC1(c2cccc(-c3nn[nH]n3)c2)C=CN=CC1. The summed E-state index contributed by atoms with van der Waals surface area (Å²) in [4.78, 5) is 18.8. The van der Waals surface area contributed by atoms with Gasteiger partial charge in [-0.3, -0.25) is 14.1 Å². The maximum absolute atomic E-state index is 14.4. The second-order valence-corrected chi connectivity index (χ2v) is 11.8. The van der Waals surface area contributed by atoms with E-state index in [9.17, 15) is 4.79 Å². The molecule has 1 N–H and O–H groups in total. The van der Waals surface area contributed by atoms with E-state index in [4.69, 9.17) is 0 Å². The van der Waals surface area contributed by atoms with Crippen LogP contribution in [0.25, 0.3) is 11.4 Å². The van der Waals surface area contributed by atoms with Gasteiger partial charge in [-0.25, -0.2) is 4.79 Å². The van der Waals surface area contributed by atoms with Crippen LogP contribution in [0.5, 0.6) is 0 Å². The number of H-pyrrole nitrogens is 1. The molecule has 1 aliphatic carbocycles. The van der Waals surface area contributed by atoms with E-state index in [1.807, 2.05) is 24.5 Å². The fraction of sp³-hybridized carbons (Fsp3) is 0.581. The number of hydrogen-bond donors (Lipinski definition) is 1. The normalized spacial score (nSPS) is 23.7. The van der Waals surface area contributed by atoms with E-state index in [0.29, 0.717) is 24.2 Å². The molecule has 0 bridgehead atoms. The number of aliphatic imine (C=N–C) groups is 1. The zero-order chi connectivity index (χ0) is 27.2. The standard InChI is InChI=1S/C31H43N7O/c1-4-5-13-26-21-37(28-15-9-7-6-8-14-27(28)23(2)3)30(39)38(26)22-31(16-18-32-19-17-31)25-12-10-11-24(20-25)29-33-35-36-34-29/h10-12,16,18-21,23,27-28H,4-9,13-15,17,22H2,1-3H3,(H,33,34,35,36). The highest BCUT2D eigenvalue weighted by atomic mass is 16.1. The van der Waals surface area contributed by atoms with Gasteiger partial charge in [-0.1, -0.05) is 77.2 Å². The summed E-state index contributed by atoms with van der Waals surface area (Å²) in [6.45, 7) is 7.46. The van der Waals surface area contributed by atoms with Crippen molar-refractivity contribution in [3.05, 3.63) is 64.5 Å². The number of nitrogens with zero attached hydrogens (tertiary/aromatic N) is 6. The summed E-state index contributed by atoms with van der Waals surface area (Å²) >= 11 is 0. The van der Waals surface area contributed by atoms with E-state index in [1.165, 1.54) is 32.1 Å². The minimum absolute atomic E-state index is 0.141. The third kappa shape index (κ3) is 5.85. The Morgan fingerprint density at radius 3 is 2.72 bits per heavy atom. The van der Waals surface area contributed by atoms with Gasteiger partial charge in [0.2, 0.25) is 5.82 Å². The number of aromatic amines is 1. The quantitative estimate of drug-likeness (QED) is 0.354. The van der Waals surface area contributed by atoms with Crippen molar-refractivity contribution in [1.82, 2.24) is 29.8 Å². The number of hydrogen-bond acceptors (Lipinski definition) is 5. The number of tetrazole rings is 1. The average molecular weight is 530 g/mol. The van der Waals surface area contributed by atoms with Crippen LogP contribution in [0.15, 0.2) is 52.5 Å². The van der Waals surface area contributed by atoms with E-state index < -0.39 is 5.41 Å². The molecule has 8 heteroatoms. The number of aromatic nitrogens is 6. The van der Waals surface area contributed by atoms with Crippen LogP contribution in [-0.2, 0) is 18.4 Å². The first kappa shape index (κ1) is 27.3. The van der Waals surface area contributed by atoms with Gasteiger partial charge >= 0.3 is 5.69 Å². The summed E-state index contributed by atoms with van der Waals surface area (Å²) in [6, 6.07) is 8.57. The number of benzene rings is 1. The Hall–Kier alpha value is -3.29. The molecular formula is C31H43N7O. The maximum atomic E-state index is 14.4. The fourth-order valence-electron chi connectivity index (χ4n) is 6.62. The Labute approximate surface area is 231 Å². The van der Waals surface area contributed by atoms with E-state index in [2.05, 4.69) is 79.9 Å². The van der Waals surface area contributed by atoms with Crippen LogP contribution in [0, 0.1) is 11.8 Å². The van der Waals surface area contributed by atoms with Crippen molar-refractivity contribution in [2.45, 2.75) is 103 Å². The van der Waals surface area contributed by atoms with Crippen molar-refractivity contribution in [2.75, 3.05) is 0 Å². The highest BCUT2D eigenvalue weighted by Gasteiger charge is 2.35. The Bertz CT molecular complexity index is 1330. The summed E-state index contributed by atoms with van der Waals surface area (Å²) in [5.74, 6) is 1.65. The number of imidazole rings is 1. The van der Waals surface area contributed by atoms with Crippen LogP contribution >= 0.6 is 0 Å². The number of rotatable bonds is 9. The Kier molecular flexibility index (Phi) is 8.58. The molecule has 1 fully saturated rings. The first-order chi connectivity index (χ1) is 19.0. The minimum Gasteiger partial charge on any atom is -0.296 e. The minimum atomic E-state index is -0.392. The summed E-state index contributed by atoms with van der Waals surface area (Å²) < 4.78 is 4.21. The molecule has 1 aliphatic heterocycles. The van der Waals surface area contributed by atoms with Gasteiger partial charge in [0.1, 0.15) is 0 Å². The van der Waals surface area contributed by atoms with Crippen molar-refractivity contribution >= 4 is 6.21 Å². The van der Waals surface area contributed by atoms with Crippen LogP contribution in [0.1, 0.15) is 95.9 Å². The lowest BCUT2D eigenvalue weighted by Crippen LogP contribution is -2.39. The average Bonchev–Trinajstić information content (AvgIpc) is 3.57. The van der Waals surface area contributed by atoms with Crippen molar-refractivity contribution in [3.8, 4) is 11.4 Å². The maximum Gasteiger partial charge on any atom is 0.328 e. The van der Waals surface area contributed by atoms with Gasteiger partial charge in [0.25, 0.3) is 0 Å². The molecular weight excluding hydrogens is 486 g/mol. The number of allylic oxidation sites excluding steroid dienone is 1. The van der Waals surface area contributed by atoms with E-state index in [0.717, 1.165) is 48.9 Å². The van der Waals surface area contributed by atoms with Crippen molar-refractivity contribution in [2.24, 2.45) is 16.8 Å². The monoisotopic (exact) mass is 529 g/mol. The second kappa shape index (κ2) is 12.3. The van der Waals surface area contributed by atoms with Crippen LogP contribution in [-0.4, -0.2) is 36.0 Å². The van der Waals surface area contributed by atoms with Crippen LogP contribution in [0.2, 0.25) is 0 Å². The van der Waals surface area contributed by atoms with Gasteiger partial charge in [-0.15, -0.1) is 10.2 Å². The summed E-state index contributed by atoms with van der Waals surface area (Å²) in [5, 5.41) is 14.7. The predicted octanol–water partition coefficient (Wildman–Crippen LogP) is 6.27. The smallest absolute Gasteiger partial charge is 0.296 e. The molecule has 2 aromatic heterocycles. The molecule has 2 aliphatic rings. The zero-order valence-corrected chi connectivity index (χ0v) is 23.7. The molecule has 1 saturated carbocycles. The number of unbranched alkanes of at least 4 members (excludes halogenated alkanes) is 1. The third-order valence-corrected chi connectivity index (χ3v) is 8.89. The number of nitrogens with one attached hydrogen (secondary N) is 1. The Morgan fingerprint density at radius 2 is 2.00 bits per heavy atom. The highest BCUT2D eigenvalue weighted by Crippen LogP contribution is 2.38. The molecule has 3 heterocycles. The molecule has 39 heavy (non-hydrogen) atoms. The largest absolute Gasteiger partial charge is 0.328 e. The van der Waals surface area contributed by atoms with Gasteiger partial charge in [-0.2, -0.15) is 5.21 Å². The molecule has 0 amide bonds. The molecule has 0 radical (unpaired) electrons. The summed E-state index contributed by atoms with van der Waals surface area (Å²) in [6.07, 6.45) is 19.4. The lowest BCUT2D eigenvalue weighted by molar-refractivity contribution is 0.199. The van der Waals surface area contributed by atoms with Gasteiger partial charge in [0, 0.05) is 47.9 Å². The first-order valence-corrected chi connectivity index (χ1v) is 14.9. The van der Waals surface area contributed by atoms with E-state index in [1.54, 1.807) is 0 Å². The van der Waals surface area contributed by atoms with Crippen LogP contribution < -0.4 is 5.69 Å². The summed E-state index contributed by atoms with van der Waals surface area (Å²) in [7, 11) is 0. The van der Waals surface area contributed by atoms with Crippen molar-refractivity contribution in [1.29, 1.82) is 0 Å². The van der Waals surface area contributed by atoms with Crippen molar-refractivity contribution < 1.29 is 0 Å².